The summed E-state index contributed by atoms with van der Waals surface area (Å²) in [7, 11) is 0. The van der Waals surface area contributed by atoms with Gasteiger partial charge < -0.3 is 54.7 Å². The van der Waals surface area contributed by atoms with Crippen molar-refractivity contribution >= 4 is 40.3 Å². The number of aryl methyl sites for hydroxylation is 1. The Hall–Kier alpha value is -7.08. The Balaban J connectivity index is 0.608. The number of aliphatic hydroxyl groups is 1. The van der Waals surface area contributed by atoms with E-state index < -0.39 is 42.3 Å². The Labute approximate surface area is 460 Å². The lowest BCUT2D eigenvalue weighted by molar-refractivity contribution is -0.141. The number of anilines is 3. The number of nitrogens with one attached hydrogen (secondary N) is 1. The number of ether oxygens (including phenoxy) is 3. The van der Waals surface area contributed by atoms with Crippen molar-refractivity contribution in [1.29, 1.82) is 0 Å². The molecule has 1 saturated carbocycles. The lowest BCUT2D eigenvalue weighted by Gasteiger charge is -2.43. The number of halogens is 2. The fourth-order valence-electron chi connectivity index (χ4n) is 11.8. The first-order chi connectivity index (χ1) is 38.2. The van der Waals surface area contributed by atoms with E-state index in [4.69, 9.17) is 24.5 Å². The second-order valence-electron chi connectivity index (χ2n) is 21.7. The molecule has 11 rings (SSSR count). The van der Waals surface area contributed by atoms with Gasteiger partial charge in [0.15, 0.2) is 11.6 Å². The molecule has 6 atom stereocenters. The molecule has 0 spiro atoms. The van der Waals surface area contributed by atoms with Crippen molar-refractivity contribution in [2.75, 3.05) is 61.4 Å². The number of pyridine rings is 2. The molecule has 23 heteroatoms. The zero-order chi connectivity index (χ0) is 54.9. The second-order valence-corrected chi connectivity index (χ2v) is 22.5. The minimum Gasteiger partial charge on any atom is -0.507 e. The predicted molar refractivity (Wildman–Crippen MR) is 290 cm³/mol. The van der Waals surface area contributed by atoms with Gasteiger partial charge in [-0.25, -0.2) is 18.7 Å². The van der Waals surface area contributed by atoms with Crippen LogP contribution < -0.4 is 30.3 Å². The Bertz CT molecular complexity index is 3070. The smallest absolute Gasteiger partial charge is 0.262 e. The van der Waals surface area contributed by atoms with Crippen LogP contribution in [0.1, 0.15) is 87.8 Å². The average molecular weight is 1110 g/mol. The number of nitrogens with two attached hydrogens (primary N) is 1. The molecule has 4 saturated heterocycles. The number of β-amino-alcohol motifs (C(OH)–C–C–N with tert-alkyl or cyclic N) is 1. The normalized spacial score (nSPS) is 23.3. The number of benzene rings is 1. The predicted octanol–water partition coefficient (Wildman–Crippen LogP) is 6.79. The number of phenolic OH excluding ortho intramolecular Hbond substituents is 1. The van der Waals surface area contributed by atoms with E-state index >= 15 is 0 Å². The first-order valence-electron chi connectivity index (χ1n) is 27.2. The number of hydrogen-bond acceptors (Lipinski definition) is 19. The van der Waals surface area contributed by atoms with Gasteiger partial charge in [-0.3, -0.25) is 19.5 Å². The molecule has 5 N–H and O–H groups in total. The van der Waals surface area contributed by atoms with Crippen LogP contribution in [0.15, 0.2) is 83.1 Å². The number of nitrogen functional groups attached to an aromatic ring is 1. The van der Waals surface area contributed by atoms with Gasteiger partial charge in [0, 0.05) is 106 Å². The zero-order valence-corrected chi connectivity index (χ0v) is 45.1. The standard InChI is InChI=1S/C56H66F2N12O8S/c1-31(2)50(56(74)69-29-37(71)21-45(69)55(73)63-51(53(57)58)33-8-11-42(61-26-33)52-32(3)62-30-79-52)47-25-49(66-78-47)75-19-18-67-16-13-38(14-17-67)76-39-22-40(23-39)77-48-20-34(12-15-60-48)70-35-9-10-36(70)28-68(27-35)44-24-43(64-65-54(44)59)41-6-4-5-7-46(41)72/h4-8,11-12,15,20,24-26,30-31,35-40,45,50-51,53,71-72H,9-10,13-14,16-19,21-23,27-29H2,1-3H3,(H2,59,65)(H,63,73)/t35?,36?,37-,39-,40-,45+,50-,51+/m1/s1. The molecule has 1 aliphatic carbocycles. The van der Waals surface area contributed by atoms with Crippen LogP contribution in [0.2, 0.25) is 0 Å². The van der Waals surface area contributed by atoms with Crippen LogP contribution in [0.5, 0.6) is 17.5 Å². The number of amides is 2. The topological polar surface area (TPSA) is 244 Å². The number of para-hydroxylation sites is 1. The van der Waals surface area contributed by atoms with Gasteiger partial charge in [-0.15, -0.1) is 21.5 Å². The summed E-state index contributed by atoms with van der Waals surface area (Å²) >= 11 is 1.39. The number of hydrogen-bond donors (Lipinski definition) is 4. The third-order valence-electron chi connectivity index (χ3n) is 16.0. The highest BCUT2D eigenvalue weighted by Gasteiger charge is 2.45. The minimum atomic E-state index is -2.97. The quantitative estimate of drug-likeness (QED) is 0.0652. The van der Waals surface area contributed by atoms with Crippen LogP contribution in [-0.2, 0) is 14.3 Å². The summed E-state index contributed by atoms with van der Waals surface area (Å²) in [6, 6.07) is 15.5. The van der Waals surface area contributed by atoms with E-state index in [1.165, 1.54) is 28.5 Å². The Morgan fingerprint density at radius 3 is 2.39 bits per heavy atom. The lowest BCUT2D eigenvalue weighted by atomic mass is 9.91. The summed E-state index contributed by atoms with van der Waals surface area (Å²) in [5.41, 5.74) is 12.6. The van der Waals surface area contributed by atoms with Crippen molar-refractivity contribution in [2.24, 2.45) is 5.92 Å². The van der Waals surface area contributed by atoms with Gasteiger partial charge in [-0.05, 0) is 79.6 Å². The molecule has 1 aromatic carbocycles. The highest BCUT2D eigenvalue weighted by molar-refractivity contribution is 7.13. The number of rotatable bonds is 19. The van der Waals surface area contributed by atoms with E-state index in [2.05, 4.69) is 62.5 Å². The molecule has 418 valence electrons. The number of aliphatic hydroxyl groups excluding tert-OH is 1. The number of piperazine rings is 1. The molecule has 6 aromatic rings. The third kappa shape index (κ3) is 11.8. The number of aromatic hydroxyl groups is 1. The number of phenols is 1. The molecule has 2 amide bonds. The molecule has 4 aliphatic heterocycles. The molecule has 0 radical (unpaired) electrons. The van der Waals surface area contributed by atoms with E-state index in [0.717, 1.165) is 86.6 Å². The first kappa shape index (κ1) is 53.9. The molecular formula is C56H66F2N12O8S. The van der Waals surface area contributed by atoms with Crippen LogP contribution in [0.25, 0.3) is 21.8 Å². The van der Waals surface area contributed by atoms with E-state index in [0.29, 0.717) is 41.8 Å². The van der Waals surface area contributed by atoms with Gasteiger partial charge >= 0.3 is 0 Å². The van der Waals surface area contributed by atoms with Crippen molar-refractivity contribution in [2.45, 2.75) is 127 Å². The summed E-state index contributed by atoms with van der Waals surface area (Å²) in [5, 5.41) is 36.2. The molecule has 20 nitrogen and oxygen atoms in total. The maximum Gasteiger partial charge on any atom is 0.262 e. The van der Waals surface area contributed by atoms with Crippen molar-refractivity contribution < 1.29 is 47.3 Å². The fraction of sp³-hybridized carbons (Fsp3) is 0.500. The molecule has 5 fully saturated rings. The van der Waals surface area contributed by atoms with Crippen LogP contribution >= 0.6 is 11.3 Å². The van der Waals surface area contributed by atoms with Gasteiger partial charge in [-0.2, -0.15) is 0 Å². The lowest BCUT2D eigenvalue weighted by Crippen LogP contribution is -2.54. The highest BCUT2D eigenvalue weighted by atomic mass is 32.1. The number of nitrogens with zero attached hydrogens (tertiary/aromatic N) is 10. The molecule has 5 aromatic heterocycles. The molecular weight excluding hydrogens is 1040 g/mol. The first-order valence-corrected chi connectivity index (χ1v) is 28.1. The highest BCUT2D eigenvalue weighted by Crippen LogP contribution is 2.41. The van der Waals surface area contributed by atoms with Crippen molar-refractivity contribution in [3.8, 4) is 39.3 Å². The maximum atomic E-state index is 14.5. The Morgan fingerprint density at radius 2 is 1.68 bits per heavy atom. The van der Waals surface area contributed by atoms with E-state index in [9.17, 15) is 28.6 Å². The van der Waals surface area contributed by atoms with Crippen molar-refractivity contribution in [3.63, 3.8) is 0 Å². The van der Waals surface area contributed by atoms with Gasteiger partial charge in [0.05, 0.1) is 51.5 Å². The van der Waals surface area contributed by atoms with Gasteiger partial charge in [0.1, 0.15) is 36.5 Å². The third-order valence-corrected chi connectivity index (χ3v) is 17.0. The Kier molecular flexibility index (Phi) is 15.9. The van der Waals surface area contributed by atoms with Crippen LogP contribution in [0.4, 0.5) is 26.0 Å². The van der Waals surface area contributed by atoms with E-state index in [1.807, 2.05) is 45.2 Å². The number of aromatic nitrogens is 6. The zero-order valence-electron chi connectivity index (χ0n) is 44.3. The monoisotopic (exact) mass is 1100 g/mol. The molecule has 9 heterocycles. The number of piperidine rings is 1. The van der Waals surface area contributed by atoms with E-state index in [-0.39, 0.29) is 72.2 Å². The number of carbonyl (C=O) groups is 2. The summed E-state index contributed by atoms with van der Waals surface area (Å²) in [5.74, 6) is -0.906. The summed E-state index contributed by atoms with van der Waals surface area (Å²) in [6.45, 7) is 9.57. The number of likely N-dealkylation sites (tertiary alicyclic amines) is 2. The van der Waals surface area contributed by atoms with Gasteiger partial charge in [0.2, 0.25) is 17.7 Å². The van der Waals surface area contributed by atoms with Gasteiger partial charge in [0.25, 0.3) is 12.3 Å². The maximum absolute atomic E-state index is 14.5. The summed E-state index contributed by atoms with van der Waals surface area (Å²) < 4.78 is 53.6. The van der Waals surface area contributed by atoms with Crippen LogP contribution in [0, 0.1) is 12.8 Å². The number of fused-ring (bicyclic) bond motifs is 2. The minimum absolute atomic E-state index is 0.0302. The number of thiazole rings is 1. The summed E-state index contributed by atoms with van der Waals surface area (Å²) in [6.07, 6.45) is 4.82. The second kappa shape index (κ2) is 23.3. The fourth-order valence-corrected chi connectivity index (χ4v) is 12.6. The van der Waals surface area contributed by atoms with Crippen LogP contribution in [0.3, 0.4) is 0 Å². The van der Waals surface area contributed by atoms with Gasteiger partial charge in [-0.1, -0.05) is 32.0 Å². The molecule has 2 unspecified atom stereocenters. The van der Waals surface area contributed by atoms with Crippen molar-refractivity contribution in [1.82, 2.24) is 45.4 Å². The van der Waals surface area contributed by atoms with E-state index in [1.54, 1.807) is 29.8 Å². The number of carbonyl (C=O) groups excluding carboxylic acids is 2. The molecule has 2 bridgehead atoms. The average Bonchev–Trinajstić information content (AvgIpc) is 4.24. The Morgan fingerprint density at radius 1 is 0.899 bits per heavy atom. The summed E-state index contributed by atoms with van der Waals surface area (Å²) in [4.78, 5) is 50.2. The number of alkyl halides is 2. The molecule has 5 aliphatic rings. The van der Waals surface area contributed by atoms with Crippen molar-refractivity contribution in [3.05, 3.63) is 95.6 Å². The molecule has 79 heavy (non-hydrogen) atoms. The van der Waals surface area contributed by atoms with Crippen LogP contribution in [-0.4, -0.2) is 157 Å². The SMILES string of the molecule is Cc1ncsc1-c1ccc([C@H](NC(=O)[C@@H]2C[C@@H](O)CN2C(=O)[C@@H](c2cc(OCCN3CCC(O[C@H]4C[C@H](Oc5cc(N6C7CCC6CN(c6cc(-c8ccccc8O)nnc6N)C7)ccn5)C4)CC3)no2)C(C)C)C(F)F)cn1. The largest absolute Gasteiger partial charge is 0.507 e.